The molecule has 0 bridgehead atoms. The summed E-state index contributed by atoms with van der Waals surface area (Å²) in [6, 6.07) is 5.42. The number of nitrogens with two attached hydrogens (primary N) is 1. The van der Waals surface area contributed by atoms with Crippen LogP contribution in [-0.2, 0) is 30.7 Å². The van der Waals surface area contributed by atoms with Crippen molar-refractivity contribution >= 4 is 5.97 Å². The third-order valence-corrected chi connectivity index (χ3v) is 1.71. The van der Waals surface area contributed by atoms with Gasteiger partial charge in [-0.25, -0.2) is 0 Å². The Morgan fingerprint density at radius 2 is 1.86 bits per heavy atom. The molecular weight excluding hydrogens is 235 g/mol. The standard InChI is InChI=1S/C9H11NO3.Zn/c10-8(9(12)13)5-6-1-3-7(11)4-2-6;/h1-4,8,11H,5,10H2,(H,12,13);/t8-;/m0./s1. The molecule has 0 aliphatic heterocycles. The largest absolute Gasteiger partial charge is 0.508 e. The Balaban J connectivity index is 0.00000169. The molecular formula is C9H11NO3Zn. The van der Waals surface area contributed by atoms with Crippen LogP contribution in [0.3, 0.4) is 0 Å². The van der Waals surface area contributed by atoms with Gasteiger partial charge in [0.05, 0.1) is 0 Å². The SMILES string of the molecule is N[C@@H](Cc1ccc(O)cc1)C(=O)O.[Zn]. The summed E-state index contributed by atoms with van der Waals surface area (Å²) >= 11 is 0. The van der Waals surface area contributed by atoms with E-state index in [4.69, 9.17) is 15.9 Å². The molecule has 0 spiro atoms. The first-order valence-corrected chi connectivity index (χ1v) is 3.86. The van der Waals surface area contributed by atoms with Crippen molar-refractivity contribution in [1.29, 1.82) is 0 Å². The van der Waals surface area contributed by atoms with Crippen LogP contribution in [0.2, 0.25) is 0 Å². The zero-order chi connectivity index (χ0) is 9.84. The third-order valence-electron chi connectivity index (χ3n) is 1.71. The van der Waals surface area contributed by atoms with Crippen molar-refractivity contribution < 1.29 is 34.5 Å². The number of benzene rings is 1. The molecule has 5 heteroatoms. The van der Waals surface area contributed by atoms with Gasteiger partial charge in [0.2, 0.25) is 0 Å². The zero-order valence-electron chi connectivity index (χ0n) is 7.68. The Bertz CT molecular complexity index is 299. The van der Waals surface area contributed by atoms with Crippen molar-refractivity contribution in [3.63, 3.8) is 0 Å². The predicted octanol–water partition coefficient (Wildman–Crippen LogP) is 0.344. The van der Waals surface area contributed by atoms with Crippen LogP contribution in [-0.4, -0.2) is 22.2 Å². The van der Waals surface area contributed by atoms with Crippen LogP contribution >= 0.6 is 0 Å². The number of aliphatic carboxylic acids is 1. The normalized spacial score (nSPS) is 11.5. The van der Waals surface area contributed by atoms with Crippen LogP contribution in [0.25, 0.3) is 0 Å². The van der Waals surface area contributed by atoms with Crippen LogP contribution in [0.15, 0.2) is 24.3 Å². The molecule has 1 aromatic rings. The molecule has 0 saturated carbocycles. The van der Waals surface area contributed by atoms with E-state index in [1.54, 1.807) is 12.1 Å². The van der Waals surface area contributed by atoms with Crippen molar-refractivity contribution in [2.75, 3.05) is 0 Å². The molecule has 0 aromatic heterocycles. The van der Waals surface area contributed by atoms with E-state index in [1.807, 2.05) is 0 Å². The number of hydrogen-bond donors (Lipinski definition) is 3. The molecule has 4 N–H and O–H groups in total. The summed E-state index contributed by atoms with van der Waals surface area (Å²) < 4.78 is 0. The van der Waals surface area contributed by atoms with Crippen LogP contribution < -0.4 is 5.73 Å². The number of carboxylic acids is 1. The van der Waals surface area contributed by atoms with Gasteiger partial charge in [-0.1, -0.05) is 12.1 Å². The van der Waals surface area contributed by atoms with E-state index in [0.717, 1.165) is 5.56 Å². The topological polar surface area (TPSA) is 83.5 Å². The van der Waals surface area contributed by atoms with E-state index >= 15 is 0 Å². The van der Waals surface area contributed by atoms with Gasteiger partial charge >= 0.3 is 5.97 Å². The van der Waals surface area contributed by atoms with Gasteiger partial charge in [0.15, 0.2) is 0 Å². The number of rotatable bonds is 3. The number of phenols is 1. The van der Waals surface area contributed by atoms with E-state index < -0.39 is 12.0 Å². The van der Waals surface area contributed by atoms with E-state index in [-0.39, 0.29) is 31.6 Å². The van der Waals surface area contributed by atoms with Gasteiger partial charge in [0.1, 0.15) is 11.8 Å². The average molecular weight is 247 g/mol. The average Bonchev–Trinajstić information content (AvgIpc) is 2.08. The minimum Gasteiger partial charge on any atom is -0.508 e. The third kappa shape index (κ3) is 3.85. The molecule has 0 aliphatic carbocycles. The van der Waals surface area contributed by atoms with Gasteiger partial charge < -0.3 is 15.9 Å². The van der Waals surface area contributed by atoms with Gasteiger partial charge in [-0.15, -0.1) is 0 Å². The van der Waals surface area contributed by atoms with Gasteiger partial charge in [0, 0.05) is 19.5 Å². The first kappa shape index (κ1) is 13.1. The molecule has 0 fully saturated rings. The molecule has 72 valence electrons. The fourth-order valence-electron chi connectivity index (χ4n) is 0.973. The summed E-state index contributed by atoms with van der Waals surface area (Å²) in [5.41, 5.74) is 6.12. The number of carboxylic acid groups (broad SMARTS) is 1. The molecule has 14 heavy (non-hydrogen) atoms. The van der Waals surface area contributed by atoms with E-state index in [1.165, 1.54) is 12.1 Å². The molecule has 1 aromatic carbocycles. The van der Waals surface area contributed by atoms with Gasteiger partial charge in [0.25, 0.3) is 0 Å². The number of phenolic OH excluding ortho intramolecular Hbond substituents is 1. The van der Waals surface area contributed by atoms with Crippen molar-refractivity contribution in [2.45, 2.75) is 12.5 Å². The summed E-state index contributed by atoms with van der Waals surface area (Å²) in [4.78, 5) is 10.4. The zero-order valence-corrected chi connectivity index (χ0v) is 10.6. The predicted molar refractivity (Wildman–Crippen MR) is 47.4 cm³/mol. The molecule has 0 unspecified atom stereocenters. The monoisotopic (exact) mass is 245 g/mol. The summed E-state index contributed by atoms with van der Waals surface area (Å²) in [7, 11) is 0. The Morgan fingerprint density at radius 1 is 1.36 bits per heavy atom. The first-order chi connectivity index (χ1) is 6.09. The van der Waals surface area contributed by atoms with Gasteiger partial charge in [-0.2, -0.15) is 0 Å². The summed E-state index contributed by atoms with van der Waals surface area (Å²) in [6.07, 6.45) is 0.273. The van der Waals surface area contributed by atoms with Crippen LogP contribution in [0.5, 0.6) is 5.75 Å². The molecule has 0 heterocycles. The minimum absolute atomic E-state index is 0. The summed E-state index contributed by atoms with van der Waals surface area (Å²) in [5, 5.41) is 17.5. The van der Waals surface area contributed by atoms with Crippen molar-refractivity contribution in [3.8, 4) is 5.75 Å². The molecule has 4 nitrogen and oxygen atoms in total. The maximum atomic E-state index is 10.4. The van der Waals surface area contributed by atoms with E-state index in [2.05, 4.69) is 0 Å². The maximum absolute atomic E-state index is 10.4. The fraction of sp³-hybridized carbons (Fsp3) is 0.222. The van der Waals surface area contributed by atoms with Gasteiger partial charge in [-0.3, -0.25) is 4.79 Å². The van der Waals surface area contributed by atoms with Crippen LogP contribution in [0.1, 0.15) is 5.56 Å². The molecule has 0 amide bonds. The summed E-state index contributed by atoms with van der Waals surface area (Å²) in [6.45, 7) is 0. The number of hydrogen-bond acceptors (Lipinski definition) is 3. The smallest absolute Gasteiger partial charge is 0.320 e. The van der Waals surface area contributed by atoms with Gasteiger partial charge in [-0.05, 0) is 24.1 Å². The van der Waals surface area contributed by atoms with Crippen LogP contribution in [0.4, 0.5) is 0 Å². The fourth-order valence-corrected chi connectivity index (χ4v) is 0.973. The molecule has 1 rings (SSSR count). The number of aromatic hydroxyl groups is 1. The minimum atomic E-state index is -1.02. The molecule has 0 aliphatic rings. The molecule has 0 saturated heterocycles. The first-order valence-electron chi connectivity index (χ1n) is 3.86. The Hall–Kier alpha value is -0.927. The van der Waals surface area contributed by atoms with E-state index in [9.17, 15) is 4.79 Å². The second kappa shape index (κ2) is 5.73. The second-order valence-corrected chi connectivity index (χ2v) is 2.82. The molecule has 1 atom stereocenters. The van der Waals surface area contributed by atoms with Crippen LogP contribution in [0, 0.1) is 0 Å². The van der Waals surface area contributed by atoms with Crippen molar-refractivity contribution in [2.24, 2.45) is 5.73 Å². The Labute approximate surface area is 94.5 Å². The summed E-state index contributed by atoms with van der Waals surface area (Å²) in [5.74, 6) is -0.860. The maximum Gasteiger partial charge on any atom is 0.320 e. The van der Waals surface area contributed by atoms with Crippen molar-refractivity contribution in [3.05, 3.63) is 29.8 Å². The quantitative estimate of drug-likeness (QED) is 0.672. The second-order valence-electron chi connectivity index (χ2n) is 2.82. The van der Waals surface area contributed by atoms with E-state index in [0.29, 0.717) is 0 Å². The number of carbonyl (C=O) groups is 1. The Kier molecular flexibility index (Phi) is 5.35. The Morgan fingerprint density at radius 3 is 2.29 bits per heavy atom. The molecule has 0 radical (unpaired) electrons. The van der Waals surface area contributed by atoms with Crippen molar-refractivity contribution in [1.82, 2.24) is 0 Å².